The highest BCUT2D eigenvalue weighted by Gasteiger charge is 2.26. The molecule has 0 radical (unpaired) electrons. The van der Waals surface area contributed by atoms with E-state index in [-0.39, 0.29) is 17.7 Å². The molecule has 3 rings (SSSR count). The topological polar surface area (TPSA) is 84.0 Å². The lowest BCUT2D eigenvalue weighted by Crippen LogP contribution is -2.46. The van der Waals surface area contributed by atoms with Crippen LogP contribution < -0.4 is 10.6 Å². The molecule has 3 aromatic rings. The van der Waals surface area contributed by atoms with Crippen molar-refractivity contribution in [2.75, 3.05) is 5.32 Å². The summed E-state index contributed by atoms with van der Waals surface area (Å²) in [6.07, 6.45) is 0. The highest BCUT2D eigenvalue weighted by molar-refractivity contribution is 7.18. The summed E-state index contributed by atoms with van der Waals surface area (Å²) in [7, 11) is 0. The number of hydrogen-bond acceptors (Lipinski definition) is 6. The second-order valence-corrected chi connectivity index (χ2v) is 7.87. The molecule has 1 aromatic carbocycles. The van der Waals surface area contributed by atoms with Crippen LogP contribution in [-0.2, 0) is 4.79 Å². The van der Waals surface area contributed by atoms with Gasteiger partial charge in [-0.3, -0.25) is 14.9 Å². The molecule has 6 nitrogen and oxygen atoms in total. The van der Waals surface area contributed by atoms with Gasteiger partial charge in [-0.15, -0.1) is 21.5 Å². The van der Waals surface area contributed by atoms with Crippen LogP contribution in [0, 0.1) is 5.92 Å². The predicted octanol–water partition coefficient (Wildman–Crippen LogP) is 3.66. The van der Waals surface area contributed by atoms with E-state index in [0.29, 0.717) is 10.0 Å². The first kappa shape index (κ1) is 18.2. The summed E-state index contributed by atoms with van der Waals surface area (Å²) < 4.78 is 0. The van der Waals surface area contributed by atoms with E-state index in [0.717, 1.165) is 10.6 Å². The fourth-order valence-electron chi connectivity index (χ4n) is 2.31. The van der Waals surface area contributed by atoms with E-state index in [1.165, 1.54) is 22.7 Å². The molecule has 0 aliphatic carbocycles. The Morgan fingerprint density at radius 1 is 1.04 bits per heavy atom. The molecule has 2 heterocycles. The van der Waals surface area contributed by atoms with E-state index in [4.69, 9.17) is 0 Å². The maximum absolute atomic E-state index is 12.6. The molecule has 0 unspecified atom stereocenters. The summed E-state index contributed by atoms with van der Waals surface area (Å²) in [5.41, 5.74) is 0.942. The Hall–Kier alpha value is -2.58. The second-order valence-electron chi connectivity index (χ2n) is 5.94. The van der Waals surface area contributed by atoms with Gasteiger partial charge in [-0.2, -0.15) is 0 Å². The van der Waals surface area contributed by atoms with E-state index < -0.39 is 6.04 Å². The Bertz CT molecular complexity index is 876. The van der Waals surface area contributed by atoms with Crippen molar-refractivity contribution in [3.63, 3.8) is 0 Å². The van der Waals surface area contributed by atoms with Gasteiger partial charge >= 0.3 is 0 Å². The summed E-state index contributed by atoms with van der Waals surface area (Å²) in [6.45, 7) is 3.77. The van der Waals surface area contributed by atoms with E-state index >= 15 is 0 Å². The third-order valence-corrected chi connectivity index (χ3v) is 5.41. The van der Waals surface area contributed by atoms with Crippen molar-refractivity contribution in [2.24, 2.45) is 5.92 Å². The average molecular weight is 387 g/mol. The molecule has 0 spiro atoms. The molecule has 2 aromatic heterocycles. The number of carbonyl (C=O) groups is 2. The van der Waals surface area contributed by atoms with E-state index in [9.17, 15) is 9.59 Å². The van der Waals surface area contributed by atoms with Crippen LogP contribution in [0.5, 0.6) is 0 Å². The lowest BCUT2D eigenvalue weighted by atomic mass is 10.0. The quantitative estimate of drug-likeness (QED) is 0.677. The zero-order valence-corrected chi connectivity index (χ0v) is 15.9. The number of aromatic nitrogens is 2. The number of nitrogens with one attached hydrogen (secondary N) is 2. The Labute approximate surface area is 159 Å². The Morgan fingerprint density at radius 3 is 2.46 bits per heavy atom. The molecule has 8 heteroatoms. The van der Waals surface area contributed by atoms with Crippen LogP contribution in [0.1, 0.15) is 23.5 Å². The van der Waals surface area contributed by atoms with Crippen LogP contribution in [0.15, 0.2) is 47.8 Å². The number of thiophene rings is 1. The first-order valence-corrected chi connectivity index (χ1v) is 9.78. The molecule has 0 aliphatic rings. The Morgan fingerprint density at radius 2 is 1.81 bits per heavy atom. The van der Waals surface area contributed by atoms with E-state index in [1.807, 2.05) is 49.6 Å². The zero-order chi connectivity index (χ0) is 18.5. The number of amides is 2. The highest BCUT2D eigenvalue weighted by atomic mass is 32.1. The molecule has 0 aliphatic heterocycles. The van der Waals surface area contributed by atoms with Gasteiger partial charge in [0, 0.05) is 5.56 Å². The summed E-state index contributed by atoms with van der Waals surface area (Å²) in [5.74, 6) is -0.628. The first-order chi connectivity index (χ1) is 12.5. The van der Waals surface area contributed by atoms with Gasteiger partial charge in [0.15, 0.2) is 0 Å². The van der Waals surface area contributed by atoms with Gasteiger partial charge in [0.05, 0.1) is 4.88 Å². The highest BCUT2D eigenvalue weighted by Crippen LogP contribution is 2.26. The van der Waals surface area contributed by atoms with Crippen LogP contribution in [0.3, 0.4) is 0 Å². The van der Waals surface area contributed by atoms with Crippen LogP contribution in [0.4, 0.5) is 5.13 Å². The molecule has 0 saturated heterocycles. The molecule has 2 N–H and O–H groups in total. The summed E-state index contributed by atoms with van der Waals surface area (Å²) in [5, 5.41) is 16.7. The van der Waals surface area contributed by atoms with Crippen LogP contribution >= 0.6 is 22.7 Å². The SMILES string of the molecule is CC(C)[C@@H](NC(=O)c1cccs1)C(=O)Nc1nnc(-c2ccccc2)s1. The molecule has 2 amide bonds. The Kier molecular flexibility index (Phi) is 5.75. The number of anilines is 1. The third-order valence-electron chi connectivity index (χ3n) is 3.66. The predicted molar refractivity (Wildman–Crippen MR) is 104 cm³/mol. The monoisotopic (exact) mass is 386 g/mol. The number of rotatable bonds is 6. The normalized spacial score (nSPS) is 12.0. The summed E-state index contributed by atoms with van der Waals surface area (Å²) >= 11 is 2.63. The summed E-state index contributed by atoms with van der Waals surface area (Å²) in [4.78, 5) is 25.5. The molecular formula is C18H18N4O2S2. The smallest absolute Gasteiger partial charge is 0.262 e. The molecule has 0 fully saturated rings. The van der Waals surface area contributed by atoms with Gasteiger partial charge in [-0.05, 0) is 17.4 Å². The molecule has 134 valence electrons. The van der Waals surface area contributed by atoms with Crippen molar-refractivity contribution < 1.29 is 9.59 Å². The summed E-state index contributed by atoms with van der Waals surface area (Å²) in [6, 6.07) is 12.5. The van der Waals surface area contributed by atoms with Crippen LogP contribution in [0.2, 0.25) is 0 Å². The van der Waals surface area contributed by atoms with Crippen molar-refractivity contribution in [2.45, 2.75) is 19.9 Å². The van der Waals surface area contributed by atoms with Crippen molar-refractivity contribution >= 4 is 39.6 Å². The minimum absolute atomic E-state index is 0.0690. The minimum Gasteiger partial charge on any atom is -0.339 e. The second kappa shape index (κ2) is 8.20. The van der Waals surface area contributed by atoms with Gasteiger partial charge < -0.3 is 5.32 Å². The maximum atomic E-state index is 12.6. The molecule has 0 saturated carbocycles. The van der Waals surface area contributed by atoms with Gasteiger partial charge in [-0.25, -0.2) is 0 Å². The van der Waals surface area contributed by atoms with E-state index in [1.54, 1.807) is 12.1 Å². The van der Waals surface area contributed by atoms with Gasteiger partial charge in [0.25, 0.3) is 5.91 Å². The molecule has 1 atom stereocenters. The van der Waals surface area contributed by atoms with Crippen molar-refractivity contribution in [3.8, 4) is 10.6 Å². The third kappa shape index (κ3) is 4.33. The van der Waals surface area contributed by atoms with Crippen LogP contribution in [-0.4, -0.2) is 28.1 Å². The fraction of sp³-hybridized carbons (Fsp3) is 0.222. The van der Waals surface area contributed by atoms with Gasteiger partial charge in [-0.1, -0.05) is 61.6 Å². The average Bonchev–Trinajstić information content (AvgIpc) is 3.32. The fourth-order valence-corrected chi connectivity index (χ4v) is 3.69. The van der Waals surface area contributed by atoms with Gasteiger partial charge in [0.1, 0.15) is 11.0 Å². The van der Waals surface area contributed by atoms with Crippen LogP contribution in [0.25, 0.3) is 10.6 Å². The standard InChI is InChI=1S/C18H18N4O2S2/c1-11(2)14(19-15(23)13-9-6-10-25-13)16(24)20-18-22-21-17(26-18)12-7-4-3-5-8-12/h3-11,14H,1-2H3,(H,19,23)(H,20,22,24)/t14-/m1/s1. The van der Waals surface area contributed by atoms with Gasteiger partial charge in [0.2, 0.25) is 11.0 Å². The van der Waals surface area contributed by atoms with E-state index in [2.05, 4.69) is 20.8 Å². The number of nitrogens with zero attached hydrogens (tertiary/aromatic N) is 2. The van der Waals surface area contributed by atoms with Crippen molar-refractivity contribution in [1.82, 2.24) is 15.5 Å². The lowest BCUT2D eigenvalue weighted by molar-refractivity contribution is -0.118. The number of carbonyl (C=O) groups excluding carboxylic acids is 2. The lowest BCUT2D eigenvalue weighted by Gasteiger charge is -2.20. The Balaban J connectivity index is 1.68. The maximum Gasteiger partial charge on any atom is 0.262 e. The first-order valence-electron chi connectivity index (χ1n) is 8.08. The van der Waals surface area contributed by atoms with Crippen molar-refractivity contribution in [3.05, 3.63) is 52.7 Å². The number of hydrogen-bond donors (Lipinski definition) is 2. The molecule has 26 heavy (non-hydrogen) atoms. The molecule has 0 bridgehead atoms. The zero-order valence-electron chi connectivity index (χ0n) is 14.3. The number of benzene rings is 1. The largest absolute Gasteiger partial charge is 0.339 e. The van der Waals surface area contributed by atoms with Crippen molar-refractivity contribution in [1.29, 1.82) is 0 Å². The molecular weight excluding hydrogens is 368 g/mol. The minimum atomic E-state index is -0.659.